The quantitative estimate of drug-likeness (QED) is 0.831. The first-order chi connectivity index (χ1) is 12.8. The number of rotatable bonds is 3. The number of pyridine rings is 1. The Labute approximate surface area is 156 Å². The SMILES string of the molecule is CC(=O)OC1C(n2ccc(CO)cc2=O)c2cc(C#N)ccc2OC1(C)C. The third-order valence-corrected chi connectivity index (χ3v) is 4.59. The van der Waals surface area contributed by atoms with Crippen LogP contribution in [0.3, 0.4) is 0 Å². The van der Waals surface area contributed by atoms with Gasteiger partial charge in [0.15, 0.2) is 6.10 Å². The highest BCUT2D eigenvalue weighted by Gasteiger charge is 2.47. The lowest BCUT2D eigenvalue weighted by Gasteiger charge is -2.44. The maximum Gasteiger partial charge on any atom is 0.303 e. The molecule has 0 saturated carbocycles. The van der Waals surface area contributed by atoms with Gasteiger partial charge >= 0.3 is 5.97 Å². The summed E-state index contributed by atoms with van der Waals surface area (Å²) in [4.78, 5) is 24.5. The zero-order valence-corrected chi connectivity index (χ0v) is 15.3. The van der Waals surface area contributed by atoms with Gasteiger partial charge in [0.1, 0.15) is 17.4 Å². The number of nitrogens with zero attached hydrogens (tertiary/aromatic N) is 2. The minimum atomic E-state index is -0.910. The van der Waals surface area contributed by atoms with Gasteiger partial charge in [-0.2, -0.15) is 5.26 Å². The Morgan fingerprint density at radius 1 is 1.37 bits per heavy atom. The molecule has 0 radical (unpaired) electrons. The summed E-state index contributed by atoms with van der Waals surface area (Å²) in [5, 5.41) is 18.5. The first-order valence-corrected chi connectivity index (χ1v) is 8.49. The number of aliphatic hydroxyl groups excluding tert-OH is 1. The summed E-state index contributed by atoms with van der Waals surface area (Å²) in [7, 11) is 0. The molecule has 2 atom stereocenters. The van der Waals surface area contributed by atoms with Crippen molar-refractivity contribution in [3.8, 4) is 11.8 Å². The molecule has 0 saturated heterocycles. The lowest BCUT2D eigenvalue weighted by Crippen LogP contribution is -2.54. The molecule has 0 spiro atoms. The molecule has 27 heavy (non-hydrogen) atoms. The van der Waals surface area contributed by atoms with E-state index in [1.165, 1.54) is 17.6 Å². The third kappa shape index (κ3) is 3.44. The molecule has 2 heterocycles. The average molecular weight is 368 g/mol. The second-order valence-corrected chi connectivity index (χ2v) is 6.98. The first-order valence-electron chi connectivity index (χ1n) is 8.49. The van der Waals surface area contributed by atoms with Crippen LogP contribution in [0.2, 0.25) is 0 Å². The fraction of sp³-hybridized carbons (Fsp3) is 0.350. The summed E-state index contributed by atoms with van der Waals surface area (Å²) in [6.45, 7) is 4.60. The van der Waals surface area contributed by atoms with Crippen LogP contribution in [0.5, 0.6) is 5.75 Å². The number of carbonyl (C=O) groups excluding carboxylic acids is 1. The molecule has 2 unspecified atom stereocenters. The molecule has 3 rings (SSSR count). The van der Waals surface area contributed by atoms with Crippen molar-refractivity contribution in [1.29, 1.82) is 5.26 Å². The maximum absolute atomic E-state index is 12.7. The fourth-order valence-corrected chi connectivity index (χ4v) is 3.37. The molecule has 0 aliphatic carbocycles. The molecule has 1 aliphatic heterocycles. The van der Waals surface area contributed by atoms with E-state index < -0.39 is 23.7 Å². The van der Waals surface area contributed by atoms with Crippen LogP contribution in [0.15, 0.2) is 41.3 Å². The molecular formula is C20H20N2O5. The largest absolute Gasteiger partial charge is 0.484 e. The number of esters is 1. The number of aliphatic hydroxyl groups is 1. The molecule has 7 heteroatoms. The second kappa shape index (κ2) is 6.89. The van der Waals surface area contributed by atoms with Crippen molar-refractivity contribution in [3.05, 3.63) is 63.6 Å². The standard InChI is InChI=1S/C20H20N2O5/c1-12(24)26-19-18(22-7-6-14(11-23)9-17(22)25)15-8-13(10-21)4-5-16(15)27-20(19,2)3/h4-9,18-19,23H,11H2,1-3H3. The van der Waals surface area contributed by atoms with Crippen LogP contribution in [0.1, 0.15) is 43.5 Å². The van der Waals surface area contributed by atoms with Gasteiger partial charge in [-0.05, 0) is 43.7 Å². The predicted molar refractivity (Wildman–Crippen MR) is 96.2 cm³/mol. The summed E-state index contributed by atoms with van der Waals surface area (Å²) in [5.41, 5.74) is 0.210. The van der Waals surface area contributed by atoms with Crippen LogP contribution in [0.4, 0.5) is 0 Å². The predicted octanol–water partition coefficient (Wildman–Crippen LogP) is 1.90. The Hall–Kier alpha value is -3.11. The number of aromatic nitrogens is 1. The van der Waals surface area contributed by atoms with Crippen molar-refractivity contribution in [1.82, 2.24) is 4.57 Å². The van der Waals surface area contributed by atoms with Crippen molar-refractivity contribution in [2.75, 3.05) is 0 Å². The zero-order valence-electron chi connectivity index (χ0n) is 15.3. The highest BCUT2D eigenvalue weighted by atomic mass is 16.6. The zero-order chi connectivity index (χ0) is 19.8. The van der Waals surface area contributed by atoms with Crippen molar-refractivity contribution < 1.29 is 19.4 Å². The highest BCUT2D eigenvalue weighted by Crippen LogP contribution is 2.43. The van der Waals surface area contributed by atoms with E-state index in [9.17, 15) is 20.0 Å². The Morgan fingerprint density at radius 2 is 2.11 bits per heavy atom. The van der Waals surface area contributed by atoms with E-state index >= 15 is 0 Å². The normalized spacial score (nSPS) is 20.1. The monoisotopic (exact) mass is 368 g/mol. The number of carbonyl (C=O) groups is 1. The molecule has 1 aromatic carbocycles. The van der Waals surface area contributed by atoms with Gasteiger partial charge in [0.2, 0.25) is 0 Å². The van der Waals surface area contributed by atoms with Crippen molar-refractivity contribution in [3.63, 3.8) is 0 Å². The Kier molecular flexibility index (Phi) is 4.77. The number of benzene rings is 1. The Bertz CT molecular complexity index is 987. The van der Waals surface area contributed by atoms with E-state index in [1.807, 2.05) is 0 Å². The van der Waals surface area contributed by atoms with E-state index in [1.54, 1.807) is 44.3 Å². The summed E-state index contributed by atoms with van der Waals surface area (Å²) < 4.78 is 13.0. The van der Waals surface area contributed by atoms with Crippen molar-refractivity contribution in [2.45, 2.75) is 45.1 Å². The molecular weight excluding hydrogens is 348 g/mol. The van der Waals surface area contributed by atoms with E-state index in [-0.39, 0.29) is 12.2 Å². The number of hydrogen-bond acceptors (Lipinski definition) is 6. The van der Waals surface area contributed by atoms with E-state index in [2.05, 4.69) is 6.07 Å². The van der Waals surface area contributed by atoms with Crippen molar-refractivity contribution in [2.24, 2.45) is 0 Å². The molecule has 140 valence electrons. The maximum atomic E-state index is 12.7. The third-order valence-electron chi connectivity index (χ3n) is 4.59. The lowest BCUT2D eigenvalue weighted by atomic mass is 9.85. The first kappa shape index (κ1) is 18.7. The van der Waals surface area contributed by atoms with Gasteiger partial charge in [-0.15, -0.1) is 0 Å². The fourth-order valence-electron chi connectivity index (χ4n) is 3.37. The Balaban J connectivity index is 2.26. The molecule has 0 fully saturated rings. The van der Waals surface area contributed by atoms with Gasteiger partial charge in [0.05, 0.1) is 18.2 Å². The van der Waals surface area contributed by atoms with Crippen LogP contribution in [0, 0.1) is 11.3 Å². The molecule has 2 aromatic rings. The highest BCUT2D eigenvalue weighted by molar-refractivity contribution is 5.66. The van der Waals surface area contributed by atoms with Gasteiger partial charge in [0.25, 0.3) is 5.56 Å². The average Bonchev–Trinajstić information content (AvgIpc) is 2.62. The lowest BCUT2D eigenvalue weighted by molar-refractivity contribution is -0.163. The summed E-state index contributed by atoms with van der Waals surface area (Å²) in [6, 6.07) is 9.31. The molecule has 0 amide bonds. The van der Waals surface area contributed by atoms with Gasteiger partial charge in [0, 0.05) is 24.8 Å². The smallest absolute Gasteiger partial charge is 0.303 e. The van der Waals surface area contributed by atoms with Gasteiger partial charge < -0.3 is 19.1 Å². The molecule has 7 nitrogen and oxygen atoms in total. The van der Waals surface area contributed by atoms with E-state index in [4.69, 9.17) is 9.47 Å². The summed E-state index contributed by atoms with van der Waals surface area (Å²) in [5.74, 6) is 0.0205. The van der Waals surface area contributed by atoms with Gasteiger partial charge in [-0.1, -0.05) is 0 Å². The molecule has 1 aliphatic rings. The van der Waals surface area contributed by atoms with Gasteiger partial charge in [-0.3, -0.25) is 9.59 Å². The van der Waals surface area contributed by atoms with E-state index in [0.717, 1.165) is 0 Å². The van der Waals surface area contributed by atoms with E-state index in [0.29, 0.717) is 22.4 Å². The Morgan fingerprint density at radius 3 is 2.70 bits per heavy atom. The molecule has 1 aromatic heterocycles. The van der Waals surface area contributed by atoms with Gasteiger partial charge in [-0.25, -0.2) is 0 Å². The summed E-state index contributed by atoms with van der Waals surface area (Å²) >= 11 is 0. The topological polar surface area (TPSA) is 102 Å². The van der Waals surface area contributed by atoms with Crippen LogP contribution < -0.4 is 10.3 Å². The number of hydrogen-bond donors (Lipinski definition) is 1. The minimum Gasteiger partial charge on any atom is -0.484 e. The van der Waals surface area contributed by atoms with Crippen molar-refractivity contribution >= 4 is 5.97 Å². The van der Waals surface area contributed by atoms with Crippen LogP contribution in [-0.2, 0) is 16.1 Å². The van der Waals surface area contributed by atoms with Crippen LogP contribution in [-0.4, -0.2) is 27.3 Å². The molecule has 1 N–H and O–H groups in total. The molecule has 0 bridgehead atoms. The summed E-state index contributed by atoms with van der Waals surface area (Å²) in [6.07, 6.45) is 0.758. The number of nitriles is 1. The van der Waals surface area contributed by atoms with Crippen LogP contribution >= 0.6 is 0 Å². The number of ether oxygens (including phenoxy) is 2. The number of fused-ring (bicyclic) bond motifs is 1. The second-order valence-electron chi connectivity index (χ2n) is 6.98. The minimum absolute atomic E-state index is 0.252. The van der Waals surface area contributed by atoms with Crippen LogP contribution in [0.25, 0.3) is 0 Å².